The van der Waals surface area contributed by atoms with E-state index in [2.05, 4.69) is 26.0 Å². The Morgan fingerprint density at radius 2 is 1.79 bits per heavy atom. The molecule has 0 unspecified atom stereocenters. The van der Waals surface area contributed by atoms with Gasteiger partial charge in [0.25, 0.3) is 5.91 Å². The summed E-state index contributed by atoms with van der Waals surface area (Å²) in [6.07, 6.45) is 3.33. The van der Waals surface area contributed by atoms with Crippen LogP contribution in [0.1, 0.15) is 11.1 Å². The highest BCUT2D eigenvalue weighted by Gasteiger charge is 2.24. The maximum Gasteiger partial charge on any atom is 0.260 e. The zero-order chi connectivity index (χ0) is 23.7. The van der Waals surface area contributed by atoms with Gasteiger partial charge in [0.05, 0.1) is 17.3 Å². The molecule has 4 aromatic rings. The maximum atomic E-state index is 12.7. The van der Waals surface area contributed by atoms with E-state index >= 15 is 0 Å². The molecule has 0 radical (unpaired) electrons. The number of carbonyl (C=O) groups is 1. The molecule has 2 aromatic heterocycles. The molecule has 0 spiro atoms. The fourth-order valence-electron chi connectivity index (χ4n) is 4.30. The summed E-state index contributed by atoms with van der Waals surface area (Å²) >= 11 is 6.15. The van der Waals surface area contributed by atoms with Gasteiger partial charge < -0.3 is 14.5 Å². The van der Waals surface area contributed by atoms with Crippen LogP contribution in [-0.4, -0.2) is 63.3 Å². The van der Waals surface area contributed by atoms with Crippen molar-refractivity contribution in [3.8, 4) is 11.4 Å². The van der Waals surface area contributed by atoms with Gasteiger partial charge in [-0.3, -0.25) is 4.79 Å². The van der Waals surface area contributed by atoms with Crippen LogP contribution in [0.2, 0.25) is 5.02 Å². The number of fused-ring (bicyclic) bond motifs is 1. The van der Waals surface area contributed by atoms with E-state index in [1.807, 2.05) is 55.1 Å². The quantitative estimate of drug-likeness (QED) is 0.436. The van der Waals surface area contributed by atoms with Gasteiger partial charge in [0.1, 0.15) is 17.9 Å². The van der Waals surface area contributed by atoms with Crippen LogP contribution in [0, 0.1) is 13.8 Å². The normalized spacial score (nSPS) is 14.0. The van der Waals surface area contributed by atoms with Crippen molar-refractivity contribution in [3.05, 3.63) is 71.1 Å². The first-order chi connectivity index (χ1) is 16.5. The Morgan fingerprint density at radius 3 is 2.53 bits per heavy atom. The number of rotatable bonds is 5. The molecule has 1 fully saturated rings. The van der Waals surface area contributed by atoms with Crippen molar-refractivity contribution in [1.82, 2.24) is 24.6 Å². The summed E-state index contributed by atoms with van der Waals surface area (Å²) in [7, 11) is 0. The lowest BCUT2D eigenvalue weighted by atomic mass is 10.1. The van der Waals surface area contributed by atoms with Gasteiger partial charge >= 0.3 is 0 Å². The number of benzene rings is 2. The van der Waals surface area contributed by atoms with Crippen molar-refractivity contribution in [1.29, 1.82) is 0 Å². The number of halogens is 1. The Balaban J connectivity index is 1.25. The molecule has 5 rings (SSSR count). The molecule has 174 valence electrons. The second kappa shape index (κ2) is 9.30. The molecule has 1 aliphatic heterocycles. The third-order valence-corrected chi connectivity index (χ3v) is 6.12. The summed E-state index contributed by atoms with van der Waals surface area (Å²) in [4.78, 5) is 25.7. The third kappa shape index (κ3) is 4.54. The smallest absolute Gasteiger partial charge is 0.260 e. The Kier molecular flexibility index (Phi) is 6.06. The second-order valence-electron chi connectivity index (χ2n) is 8.45. The molecule has 1 aliphatic rings. The highest BCUT2D eigenvalue weighted by atomic mass is 35.5. The molecule has 0 bridgehead atoms. The average Bonchev–Trinajstić information content (AvgIpc) is 3.26. The highest BCUT2D eigenvalue weighted by Crippen LogP contribution is 2.26. The predicted octanol–water partition coefficient (Wildman–Crippen LogP) is 3.81. The van der Waals surface area contributed by atoms with E-state index < -0.39 is 0 Å². The topological polar surface area (TPSA) is 76.4 Å². The minimum Gasteiger partial charge on any atom is -0.484 e. The minimum absolute atomic E-state index is 0.0135. The molecule has 34 heavy (non-hydrogen) atoms. The van der Waals surface area contributed by atoms with Crippen LogP contribution >= 0.6 is 11.6 Å². The maximum absolute atomic E-state index is 12.7. The van der Waals surface area contributed by atoms with Gasteiger partial charge in [-0.05, 0) is 55.3 Å². The molecule has 2 aromatic carbocycles. The SMILES string of the molecule is Cc1cc(C)cc(OCC(=O)N2CCN(c3ncnc4c3cnn4-c3cccc(Cl)c3)CC2)c1. The number of piperazine rings is 1. The van der Waals surface area contributed by atoms with Gasteiger partial charge in [-0.2, -0.15) is 5.10 Å². The van der Waals surface area contributed by atoms with Crippen molar-refractivity contribution in [2.24, 2.45) is 0 Å². The van der Waals surface area contributed by atoms with Crippen molar-refractivity contribution in [2.45, 2.75) is 13.8 Å². The van der Waals surface area contributed by atoms with Gasteiger partial charge in [-0.25, -0.2) is 14.6 Å². The zero-order valence-corrected chi connectivity index (χ0v) is 19.9. The number of nitrogens with zero attached hydrogens (tertiary/aromatic N) is 6. The van der Waals surface area contributed by atoms with Crippen molar-refractivity contribution >= 4 is 34.4 Å². The average molecular weight is 477 g/mol. The number of hydrogen-bond donors (Lipinski definition) is 0. The number of hydrogen-bond acceptors (Lipinski definition) is 6. The van der Waals surface area contributed by atoms with Crippen LogP contribution in [-0.2, 0) is 4.79 Å². The summed E-state index contributed by atoms with van der Waals surface area (Å²) in [5.74, 6) is 1.53. The first kappa shape index (κ1) is 22.2. The Morgan fingerprint density at radius 1 is 1.03 bits per heavy atom. The molecule has 0 saturated carbocycles. The molecule has 3 heterocycles. The molecule has 1 saturated heterocycles. The lowest BCUT2D eigenvalue weighted by molar-refractivity contribution is -0.133. The number of amides is 1. The summed E-state index contributed by atoms with van der Waals surface area (Å²) in [5.41, 5.74) is 3.79. The predicted molar refractivity (Wildman–Crippen MR) is 132 cm³/mol. The summed E-state index contributed by atoms with van der Waals surface area (Å²) in [6.45, 7) is 6.61. The molecule has 0 N–H and O–H groups in total. The number of ether oxygens (including phenoxy) is 1. The summed E-state index contributed by atoms with van der Waals surface area (Å²) in [6, 6.07) is 13.5. The summed E-state index contributed by atoms with van der Waals surface area (Å²) < 4.78 is 7.52. The third-order valence-electron chi connectivity index (χ3n) is 5.89. The van der Waals surface area contributed by atoms with Crippen LogP contribution in [0.5, 0.6) is 5.75 Å². The molecule has 0 aliphatic carbocycles. The van der Waals surface area contributed by atoms with Crippen LogP contribution in [0.4, 0.5) is 5.82 Å². The largest absolute Gasteiger partial charge is 0.484 e. The molecular weight excluding hydrogens is 452 g/mol. The van der Waals surface area contributed by atoms with Crippen LogP contribution < -0.4 is 9.64 Å². The highest BCUT2D eigenvalue weighted by molar-refractivity contribution is 6.30. The van der Waals surface area contributed by atoms with Crippen molar-refractivity contribution in [3.63, 3.8) is 0 Å². The number of aryl methyl sites for hydroxylation is 2. The van der Waals surface area contributed by atoms with Crippen LogP contribution in [0.15, 0.2) is 55.0 Å². The minimum atomic E-state index is -0.0135. The van der Waals surface area contributed by atoms with Crippen LogP contribution in [0.3, 0.4) is 0 Å². The number of carbonyl (C=O) groups excluding carboxylic acids is 1. The molecule has 8 nitrogen and oxygen atoms in total. The molecule has 0 atom stereocenters. The second-order valence-corrected chi connectivity index (χ2v) is 8.89. The van der Waals surface area contributed by atoms with Gasteiger partial charge in [0.15, 0.2) is 12.3 Å². The Hall–Kier alpha value is -3.65. The van der Waals surface area contributed by atoms with E-state index in [4.69, 9.17) is 16.3 Å². The van der Waals surface area contributed by atoms with Crippen LogP contribution in [0.25, 0.3) is 16.7 Å². The van der Waals surface area contributed by atoms with Gasteiger partial charge in [0, 0.05) is 31.2 Å². The molecular formula is C25H25ClN6O2. The zero-order valence-electron chi connectivity index (χ0n) is 19.1. The first-order valence-corrected chi connectivity index (χ1v) is 11.5. The Labute approximate surface area is 202 Å². The fourth-order valence-corrected chi connectivity index (χ4v) is 4.49. The van der Waals surface area contributed by atoms with Crippen molar-refractivity contribution in [2.75, 3.05) is 37.7 Å². The number of aromatic nitrogens is 4. The summed E-state index contributed by atoms with van der Waals surface area (Å²) in [5, 5.41) is 6.02. The lowest BCUT2D eigenvalue weighted by Crippen LogP contribution is -2.50. The van der Waals surface area contributed by atoms with Gasteiger partial charge in [0.2, 0.25) is 0 Å². The monoisotopic (exact) mass is 476 g/mol. The van der Waals surface area contributed by atoms with Gasteiger partial charge in [-0.15, -0.1) is 0 Å². The van der Waals surface area contributed by atoms with E-state index in [1.54, 1.807) is 17.2 Å². The van der Waals surface area contributed by atoms with E-state index in [1.165, 1.54) is 0 Å². The number of anilines is 1. The lowest BCUT2D eigenvalue weighted by Gasteiger charge is -2.35. The fraction of sp³-hybridized carbons (Fsp3) is 0.280. The molecule has 1 amide bonds. The van der Waals surface area contributed by atoms with E-state index in [9.17, 15) is 4.79 Å². The standard InChI is InChI=1S/C25H25ClN6O2/c1-17-10-18(2)12-21(11-17)34-15-23(33)30-6-8-31(9-7-30)24-22-14-29-32(25(22)28-16-27-24)20-5-3-4-19(26)13-20/h3-5,10-14,16H,6-9,15H2,1-2H3. The Bertz CT molecular complexity index is 1330. The van der Waals surface area contributed by atoms with E-state index in [0.29, 0.717) is 36.8 Å². The first-order valence-electron chi connectivity index (χ1n) is 11.2. The van der Waals surface area contributed by atoms with Gasteiger partial charge in [-0.1, -0.05) is 23.7 Å². The van der Waals surface area contributed by atoms with E-state index in [-0.39, 0.29) is 12.5 Å². The molecule has 9 heteroatoms. The van der Waals surface area contributed by atoms with E-state index in [0.717, 1.165) is 33.8 Å². The van der Waals surface area contributed by atoms with Crippen molar-refractivity contribution < 1.29 is 9.53 Å².